The minimum atomic E-state index is -0.726. The number of rotatable bonds is 2. The average molecular weight is 144 g/mol. The highest BCUT2D eigenvalue weighted by molar-refractivity contribution is 5.79. The number of Topliss-reactive ketones (excluding diaryl/α,β-unsaturated/α-hetero) is 1. The summed E-state index contributed by atoms with van der Waals surface area (Å²) in [7, 11) is 0. The molecule has 1 atom stereocenters. The molecular weight excluding hydrogens is 131 g/mol. The molecule has 0 aromatic rings. The summed E-state index contributed by atoms with van der Waals surface area (Å²) in [5.41, 5.74) is 0. The third kappa shape index (κ3) is 1.36. The number of carbonyl (C=O) groups excluding carboxylic acids is 1. The van der Waals surface area contributed by atoms with Crippen LogP contribution in [-0.2, 0) is 4.79 Å². The summed E-state index contributed by atoms with van der Waals surface area (Å²) < 4.78 is 12.5. The fraction of sp³-hybridized carbons (Fsp3) is 0.875. The van der Waals surface area contributed by atoms with Gasteiger partial charge in [0.15, 0.2) is 0 Å². The van der Waals surface area contributed by atoms with E-state index in [9.17, 15) is 9.18 Å². The van der Waals surface area contributed by atoms with Crippen LogP contribution >= 0.6 is 0 Å². The molecule has 0 aromatic carbocycles. The quantitative estimate of drug-likeness (QED) is 0.579. The first kappa shape index (κ1) is 7.70. The van der Waals surface area contributed by atoms with Crippen LogP contribution < -0.4 is 0 Å². The van der Waals surface area contributed by atoms with Gasteiger partial charge in [-0.25, -0.2) is 4.39 Å². The standard InChI is InChI=1S/C8H13FO/c1-5(9)7-3-8(4-7)6(2)10/h5,7-8H,3-4H2,1-2H3/t5-,7-,8+/m0/s1. The van der Waals surface area contributed by atoms with Crippen molar-refractivity contribution in [1.29, 1.82) is 0 Å². The first-order chi connectivity index (χ1) is 4.61. The van der Waals surface area contributed by atoms with E-state index in [0.717, 1.165) is 12.8 Å². The number of alkyl halides is 1. The first-order valence-electron chi connectivity index (χ1n) is 3.75. The smallest absolute Gasteiger partial charge is 0.132 e. The summed E-state index contributed by atoms with van der Waals surface area (Å²) in [6.45, 7) is 3.16. The van der Waals surface area contributed by atoms with Gasteiger partial charge in [0.25, 0.3) is 0 Å². The van der Waals surface area contributed by atoms with Crippen molar-refractivity contribution in [1.82, 2.24) is 0 Å². The van der Waals surface area contributed by atoms with Crippen LogP contribution in [0.15, 0.2) is 0 Å². The van der Waals surface area contributed by atoms with Gasteiger partial charge in [0, 0.05) is 5.92 Å². The van der Waals surface area contributed by atoms with Crippen molar-refractivity contribution >= 4 is 5.78 Å². The molecule has 1 aliphatic carbocycles. The number of ketones is 1. The van der Waals surface area contributed by atoms with E-state index in [4.69, 9.17) is 0 Å². The van der Waals surface area contributed by atoms with E-state index >= 15 is 0 Å². The van der Waals surface area contributed by atoms with Crippen molar-refractivity contribution in [3.8, 4) is 0 Å². The molecule has 0 bridgehead atoms. The van der Waals surface area contributed by atoms with Crippen molar-refractivity contribution < 1.29 is 9.18 Å². The van der Waals surface area contributed by atoms with Gasteiger partial charge >= 0.3 is 0 Å². The maximum absolute atomic E-state index is 12.5. The molecule has 0 amide bonds. The van der Waals surface area contributed by atoms with E-state index in [-0.39, 0.29) is 17.6 Å². The number of hydrogen-bond acceptors (Lipinski definition) is 1. The third-order valence-corrected chi connectivity index (χ3v) is 2.40. The second-order valence-corrected chi connectivity index (χ2v) is 3.22. The lowest BCUT2D eigenvalue weighted by Gasteiger charge is -2.34. The van der Waals surface area contributed by atoms with E-state index in [0.29, 0.717) is 0 Å². The maximum Gasteiger partial charge on any atom is 0.132 e. The van der Waals surface area contributed by atoms with E-state index in [1.54, 1.807) is 13.8 Å². The zero-order valence-electron chi connectivity index (χ0n) is 6.43. The second-order valence-electron chi connectivity index (χ2n) is 3.22. The first-order valence-corrected chi connectivity index (χ1v) is 3.75. The van der Waals surface area contributed by atoms with Gasteiger partial charge in [0.2, 0.25) is 0 Å². The Morgan fingerprint density at radius 1 is 1.60 bits per heavy atom. The van der Waals surface area contributed by atoms with Crippen molar-refractivity contribution in [2.45, 2.75) is 32.9 Å². The summed E-state index contributed by atoms with van der Waals surface area (Å²) in [5.74, 6) is 0.550. The predicted octanol–water partition coefficient (Wildman–Crippen LogP) is 1.96. The molecule has 1 saturated carbocycles. The minimum Gasteiger partial charge on any atom is -0.300 e. The lowest BCUT2D eigenvalue weighted by Crippen LogP contribution is -2.33. The third-order valence-electron chi connectivity index (χ3n) is 2.40. The van der Waals surface area contributed by atoms with Gasteiger partial charge in [-0.2, -0.15) is 0 Å². The maximum atomic E-state index is 12.5. The number of halogens is 1. The second kappa shape index (κ2) is 2.69. The summed E-state index contributed by atoms with van der Waals surface area (Å²) in [5, 5.41) is 0. The molecule has 10 heavy (non-hydrogen) atoms. The van der Waals surface area contributed by atoms with Gasteiger partial charge in [-0.05, 0) is 32.6 Å². The van der Waals surface area contributed by atoms with E-state index in [1.165, 1.54) is 0 Å². The normalized spacial score (nSPS) is 34.7. The Hall–Kier alpha value is -0.400. The van der Waals surface area contributed by atoms with E-state index in [2.05, 4.69) is 0 Å². The van der Waals surface area contributed by atoms with Crippen molar-refractivity contribution in [2.24, 2.45) is 11.8 Å². The fourth-order valence-electron chi connectivity index (χ4n) is 1.37. The monoisotopic (exact) mass is 144 g/mol. The number of carbonyl (C=O) groups is 1. The molecule has 0 radical (unpaired) electrons. The Kier molecular flexibility index (Phi) is 2.07. The van der Waals surface area contributed by atoms with Crippen LogP contribution in [0.2, 0.25) is 0 Å². The lowest BCUT2D eigenvalue weighted by molar-refractivity contribution is -0.125. The molecule has 0 aromatic heterocycles. The highest BCUT2D eigenvalue weighted by atomic mass is 19.1. The summed E-state index contributed by atoms with van der Waals surface area (Å²) in [6.07, 6.45) is 0.815. The Balaban J connectivity index is 2.24. The molecule has 0 N–H and O–H groups in total. The van der Waals surface area contributed by atoms with Crippen LogP contribution in [-0.4, -0.2) is 12.0 Å². The lowest BCUT2D eigenvalue weighted by atomic mass is 9.71. The van der Waals surface area contributed by atoms with Gasteiger partial charge < -0.3 is 0 Å². The van der Waals surface area contributed by atoms with Gasteiger partial charge in [0.1, 0.15) is 12.0 Å². The molecule has 1 fully saturated rings. The molecule has 1 aliphatic rings. The molecule has 0 heterocycles. The minimum absolute atomic E-state index is 0.161. The topological polar surface area (TPSA) is 17.1 Å². The zero-order valence-corrected chi connectivity index (χ0v) is 6.43. The Morgan fingerprint density at radius 3 is 2.40 bits per heavy atom. The highest BCUT2D eigenvalue weighted by Gasteiger charge is 2.35. The average Bonchev–Trinajstić information content (AvgIpc) is 1.56. The van der Waals surface area contributed by atoms with E-state index < -0.39 is 6.17 Å². The largest absolute Gasteiger partial charge is 0.300 e. The van der Waals surface area contributed by atoms with Crippen molar-refractivity contribution in [3.05, 3.63) is 0 Å². The summed E-state index contributed by atoms with van der Waals surface area (Å²) in [6, 6.07) is 0. The van der Waals surface area contributed by atoms with Crippen molar-refractivity contribution in [2.75, 3.05) is 0 Å². The Bertz CT molecular complexity index is 136. The fourth-order valence-corrected chi connectivity index (χ4v) is 1.37. The SMILES string of the molecule is CC(=O)[C@H]1C[C@@H]([C@H](C)F)C1. The van der Waals surface area contributed by atoms with Gasteiger partial charge in [-0.3, -0.25) is 4.79 Å². The predicted molar refractivity (Wildman–Crippen MR) is 37.5 cm³/mol. The number of hydrogen-bond donors (Lipinski definition) is 0. The van der Waals surface area contributed by atoms with Gasteiger partial charge in [-0.1, -0.05) is 0 Å². The molecule has 1 nitrogen and oxygen atoms in total. The van der Waals surface area contributed by atoms with Crippen molar-refractivity contribution in [3.63, 3.8) is 0 Å². The molecular formula is C8H13FO. The molecule has 58 valence electrons. The Morgan fingerprint density at radius 2 is 2.10 bits per heavy atom. The molecule has 0 saturated heterocycles. The van der Waals surface area contributed by atoms with Crippen LogP contribution in [0.4, 0.5) is 4.39 Å². The van der Waals surface area contributed by atoms with Crippen LogP contribution in [0.25, 0.3) is 0 Å². The van der Waals surface area contributed by atoms with Crippen LogP contribution in [0, 0.1) is 11.8 Å². The van der Waals surface area contributed by atoms with Crippen LogP contribution in [0.1, 0.15) is 26.7 Å². The van der Waals surface area contributed by atoms with E-state index in [1.807, 2.05) is 0 Å². The summed E-state index contributed by atoms with van der Waals surface area (Å²) >= 11 is 0. The molecule has 2 heteroatoms. The zero-order chi connectivity index (χ0) is 7.72. The van der Waals surface area contributed by atoms with Gasteiger partial charge in [-0.15, -0.1) is 0 Å². The molecule has 0 unspecified atom stereocenters. The molecule has 0 aliphatic heterocycles. The summed E-state index contributed by atoms with van der Waals surface area (Å²) in [4.78, 5) is 10.7. The van der Waals surface area contributed by atoms with Crippen LogP contribution in [0.3, 0.4) is 0 Å². The highest BCUT2D eigenvalue weighted by Crippen LogP contribution is 2.37. The van der Waals surface area contributed by atoms with Crippen LogP contribution in [0.5, 0.6) is 0 Å². The van der Waals surface area contributed by atoms with Gasteiger partial charge in [0.05, 0.1) is 0 Å². The molecule has 0 spiro atoms. The molecule has 1 rings (SSSR count). The Labute approximate surface area is 60.6 Å².